The van der Waals surface area contributed by atoms with Crippen LogP contribution in [0.1, 0.15) is 45.9 Å². The van der Waals surface area contributed by atoms with Crippen molar-refractivity contribution < 1.29 is 18.8 Å². The number of carbonyl (C=O) groups excluding carboxylic acids is 1. The third-order valence-corrected chi connectivity index (χ3v) is 5.98. The second-order valence-electron chi connectivity index (χ2n) is 7.97. The highest BCUT2D eigenvalue weighted by Crippen LogP contribution is 2.36. The highest BCUT2D eigenvalue weighted by molar-refractivity contribution is 7.13. The summed E-state index contributed by atoms with van der Waals surface area (Å²) in [4.78, 5) is 15.9. The molecule has 160 valence electrons. The number of rotatable bonds is 7. The topological polar surface area (TPSA) is 108 Å². The van der Waals surface area contributed by atoms with Crippen molar-refractivity contribution in [3.8, 4) is 0 Å². The maximum atomic E-state index is 11.5. The number of carbonyl (C=O) groups is 1. The van der Waals surface area contributed by atoms with Gasteiger partial charge >= 0.3 is 13.1 Å². The summed E-state index contributed by atoms with van der Waals surface area (Å²) >= 11 is 1.36. The van der Waals surface area contributed by atoms with Crippen LogP contribution in [0.3, 0.4) is 0 Å². The van der Waals surface area contributed by atoms with Crippen molar-refractivity contribution in [1.82, 2.24) is 4.98 Å². The van der Waals surface area contributed by atoms with E-state index in [1.165, 1.54) is 11.3 Å². The molecule has 1 fully saturated rings. The number of thiazole rings is 1. The minimum Gasteiger partial charge on any atom is -0.466 e. The molecular formula is C20H27BN4O4S. The molecule has 2 heterocycles. The lowest BCUT2D eigenvalue weighted by molar-refractivity contribution is -0.142. The van der Waals surface area contributed by atoms with Crippen LogP contribution < -0.4 is 16.6 Å². The molecule has 0 unspecified atom stereocenters. The number of ether oxygens (including phenoxy) is 1. The van der Waals surface area contributed by atoms with Crippen LogP contribution in [0.4, 0.5) is 10.8 Å². The Bertz CT molecular complexity index is 929. The molecule has 8 nitrogen and oxygen atoms in total. The van der Waals surface area contributed by atoms with Gasteiger partial charge in [0.15, 0.2) is 0 Å². The number of hydrogen-bond acceptors (Lipinski definition) is 9. The molecule has 0 atom stereocenters. The molecular weight excluding hydrogens is 403 g/mol. The summed E-state index contributed by atoms with van der Waals surface area (Å²) in [6.45, 7) is 10.2. The maximum absolute atomic E-state index is 11.5. The van der Waals surface area contributed by atoms with E-state index < -0.39 is 18.3 Å². The fourth-order valence-electron chi connectivity index (χ4n) is 2.79. The van der Waals surface area contributed by atoms with Crippen LogP contribution in [-0.2, 0) is 25.3 Å². The smallest absolute Gasteiger partial charge is 0.466 e. The number of esters is 1. The molecule has 0 amide bonds. The van der Waals surface area contributed by atoms with Gasteiger partial charge in [-0.05, 0) is 46.1 Å². The Morgan fingerprint density at radius 2 is 2.03 bits per heavy atom. The molecule has 0 bridgehead atoms. The Hall–Kier alpha value is -2.43. The van der Waals surface area contributed by atoms with E-state index in [0.717, 1.165) is 11.0 Å². The molecule has 30 heavy (non-hydrogen) atoms. The number of nitrogen functional groups attached to an aromatic ring is 1. The van der Waals surface area contributed by atoms with Gasteiger partial charge in [-0.25, -0.2) is 4.98 Å². The lowest BCUT2D eigenvalue weighted by Crippen LogP contribution is -2.41. The van der Waals surface area contributed by atoms with Gasteiger partial charge in [0.05, 0.1) is 36.1 Å². The van der Waals surface area contributed by atoms with E-state index in [2.05, 4.69) is 15.5 Å². The van der Waals surface area contributed by atoms with Gasteiger partial charge in [0, 0.05) is 16.6 Å². The third-order valence-electron chi connectivity index (χ3n) is 5.18. The van der Waals surface area contributed by atoms with E-state index in [9.17, 15) is 4.79 Å². The van der Waals surface area contributed by atoms with Crippen LogP contribution in [0.2, 0.25) is 0 Å². The number of nitrogens with zero attached hydrogens (tertiary/aromatic N) is 2. The second-order valence-corrected chi connectivity index (χ2v) is 8.83. The normalized spacial score (nSPS) is 17.4. The average Bonchev–Trinajstić information content (AvgIpc) is 3.17. The molecule has 1 aliphatic heterocycles. The highest BCUT2D eigenvalue weighted by Gasteiger charge is 2.51. The first-order valence-corrected chi connectivity index (χ1v) is 10.6. The Balaban J connectivity index is 1.66. The SMILES string of the molecule is CCOC(=O)Cc1csc(NN=Cc2cc(B3OC(C)(C)C(C)(C)O3)ccc2N)n1. The van der Waals surface area contributed by atoms with Gasteiger partial charge in [-0.1, -0.05) is 12.1 Å². The maximum Gasteiger partial charge on any atom is 0.494 e. The van der Waals surface area contributed by atoms with Gasteiger partial charge in [0.1, 0.15) is 0 Å². The van der Waals surface area contributed by atoms with Gasteiger partial charge in [-0.15, -0.1) is 11.3 Å². The first-order chi connectivity index (χ1) is 14.1. The van der Waals surface area contributed by atoms with Crippen LogP contribution in [-0.4, -0.2) is 42.1 Å². The van der Waals surface area contributed by atoms with Crippen molar-refractivity contribution in [2.45, 2.75) is 52.2 Å². The standard InChI is InChI=1S/C20H27BN4O4S/c1-6-27-17(26)10-15-12-30-18(24-15)25-23-11-13-9-14(7-8-16(13)22)21-28-19(2,3)20(4,5)29-21/h7-9,11-12H,6,10,22H2,1-5H3,(H,24,25). The number of nitrogens with two attached hydrogens (primary N) is 1. The van der Waals surface area contributed by atoms with Crippen LogP contribution in [0.5, 0.6) is 0 Å². The number of nitrogens with one attached hydrogen (secondary N) is 1. The zero-order chi connectivity index (χ0) is 21.9. The molecule has 0 saturated carbocycles. The molecule has 1 aliphatic rings. The fourth-order valence-corrected chi connectivity index (χ4v) is 3.45. The lowest BCUT2D eigenvalue weighted by Gasteiger charge is -2.32. The summed E-state index contributed by atoms with van der Waals surface area (Å²) in [7, 11) is -0.472. The Morgan fingerprint density at radius 1 is 1.33 bits per heavy atom. The van der Waals surface area contributed by atoms with Gasteiger partial charge in [-0.2, -0.15) is 5.10 Å². The van der Waals surface area contributed by atoms with E-state index in [1.54, 1.807) is 18.5 Å². The summed E-state index contributed by atoms with van der Waals surface area (Å²) in [6, 6.07) is 5.60. The molecule has 1 aromatic heterocycles. The molecule has 1 saturated heterocycles. The largest absolute Gasteiger partial charge is 0.494 e. The van der Waals surface area contributed by atoms with Gasteiger partial charge in [0.25, 0.3) is 0 Å². The van der Waals surface area contributed by atoms with Crippen LogP contribution in [0.25, 0.3) is 0 Å². The predicted molar refractivity (Wildman–Crippen MR) is 120 cm³/mol. The molecule has 0 spiro atoms. The number of aromatic nitrogens is 1. The lowest BCUT2D eigenvalue weighted by atomic mass is 9.78. The van der Waals surface area contributed by atoms with Crippen LogP contribution in [0.15, 0.2) is 28.7 Å². The minimum atomic E-state index is -0.472. The van der Waals surface area contributed by atoms with Crippen molar-refractivity contribution in [1.29, 1.82) is 0 Å². The number of anilines is 2. The monoisotopic (exact) mass is 430 g/mol. The zero-order valence-corrected chi connectivity index (χ0v) is 18.7. The highest BCUT2D eigenvalue weighted by atomic mass is 32.1. The Labute approximate surface area is 181 Å². The first kappa shape index (κ1) is 22.3. The minimum absolute atomic E-state index is 0.138. The Morgan fingerprint density at radius 3 is 2.70 bits per heavy atom. The summed E-state index contributed by atoms with van der Waals surface area (Å²) < 4.78 is 17.1. The first-order valence-electron chi connectivity index (χ1n) is 9.75. The Kier molecular flexibility index (Phi) is 6.49. The van der Waals surface area contributed by atoms with Crippen LogP contribution in [0, 0.1) is 0 Å². The molecule has 10 heteroatoms. The van der Waals surface area contributed by atoms with E-state index in [0.29, 0.717) is 23.1 Å². The predicted octanol–water partition coefficient (Wildman–Crippen LogP) is 2.58. The molecule has 3 rings (SSSR count). The van der Waals surface area contributed by atoms with Gasteiger partial charge in [0.2, 0.25) is 5.13 Å². The van der Waals surface area contributed by atoms with E-state index in [-0.39, 0.29) is 12.4 Å². The molecule has 3 N–H and O–H groups in total. The summed E-state index contributed by atoms with van der Waals surface area (Å²) in [5.41, 5.74) is 11.0. The van der Waals surface area contributed by atoms with Crippen molar-refractivity contribution in [3.63, 3.8) is 0 Å². The van der Waals surface area contributed by atoms with Crippen molar-refractivity contribution >= 4 is 46.9 Å². The summed E-state index contributed by atoms with van der Waals surface area (Å²) in [5.74, 6) is -0.301. The molecule has 1 aromatic carbocycles. The van der Waals surface area contributed by atoms with Crippen molar-refractivity contribution in [2.24, 2.45) is 5.10 Å². The molecule has 0 radical (unpaired) electrons. The number of benzene rings is 1. The van der Waals surface area contributed by atoms with E-state index in [4.69, 9.17) is 19.8 Å². The molecule has 2 aromatic rings. The van der Waals surface area contributed by atoms with Gasteiger partial charge in [-0.3, -0.25) is 10.2 Å². The van der Waals surface area contributed by atoms with E-state index >= 15 is 0 Å². The quantitative estimate of drug-likeness (QED) is 0.229. The van der Waals surface area contributed by atoms with Crippen molar-refractivity contribution in [3.05, 3.63) is 34.8 Å². The fraction of sp³-hybridized carbons (Fsp3) is 0.450. The average molecular weight is 430 g/mol. The second kappa shape index (κ2) is 8.75. The summed E-state index contributed by atoms with van der Waals surface area (Å²) in [5, 5.41) is 6.59. The zero-order valence-electron chi connectivity index (χ0n) is 17.9. The van der Waals surface area contributed by atoms with E-state index in [1.807, 2.05) is 45.9 Å². The number of hydrazone groups is 1. The number of hydrogen-bond donors (Lipinski definition) is 2. The summed E-state index contributed by atoms with van der Waals surface area (Å²) in [6.07, 6.45) is 1.76. The van der Waals surface area contributed by atoms with Crippen LogP contribution >= 0.6 is 11.3 Å². The molecule has 0 aliphatic carbocycles. The van der Waals surface area contributed by atoms with Crippen molar-refractivity contribution in [2.75, 3.05) is 17.8 Å². The van der Waals surface area contributed by atoms with Gasteiger partial charge < -0.3 is 19.8 Å². The third kappa shape index (κ3) is 5.00.